The van der Waals surface area contributed by atoms with E-state index in [0.717, 1.165) is 32.2 Å². The SMILES string of the molecule is CC(C)(NS(=O)(=O)N1CCCC(CNC2CC2)C1)C1CC1. The zero-order valence-electron chi connectivity index (χ0n) is 13.3. The van der Waals surface area contributed by atoms with Gasteiger partial charge in [-0.1, -0.05) is 0 Å². The molecule has 1 saturated heterocycles. The van der Waals surface area contributed by atoms with Crippen LogP contribution in [0.25, 0.3) is 0 Å². The van der Waals surface area contributed by atoms with E-state index in [9.17, 15) is 8.42 Å². The second-order valence-electron chi connectivity index (χ2n) is 7.65. The highest BCUT2D eigenvalue weighted by molar-refractivity contribution is 7.87. The van der Waals surface area contributed by atoms with Gasteiger partial charge in [0.1, 0.15) is 0 Å². The quantitative estimate of drug-likeness (QED) is 0.748. The van der Waals surface area contributed by atoms with Crippen molar-refractivity contribution in [2.24, 2.45) is 11.8 Å². The Balaban J connectivity index is 1.55. The lowest BCUT2D eigenvalue weighted by molar-refractivity contribution is 0.251. The second kappa shape index (κ2) is 5.80. The number of hydrogen-bond acceptors (Lipinski definition) is 3. The van der Waals surface area contributed by atoms with E-state index < -0.39 is 10.2 Å². The first-order valence-electron chi connectivity index (χ1n) is 8.39. The van der Waals surface area contributed by atoms with Crippen molar-refractivity contribution in [3.05, 3.63) is 0 Å². The fourth-order valence-corrected chi connectivity index (χ4v) is 5.06. The lowest BCUT2D eigenvalue weighted by Crippen LogP contribution is -2.54. The molecule has 1 heterocycles. The van der Waals surface area contributed by atoms with E-state index in [1.165, 1.54) is 12.8 Å². The van der Waals surface area contributed by atoms with Crippen LogP contribution >= 0.6 is 0 Å². The summed E-state index contributed by atoms with van der Waals surface area (Å²) in [5, 5.41) is 3.53. The summed E-state index contributed by atoms with van der Waals surface area (Å²) in [6.07, 6.45) is 6.96. The molecule has 0 bridgehead atoms. The van der Waals surface area contributed by atoms with E-state index in [0.29, 0.717) is 31.0 Å². The molecule has 0 aromatic rings. The smallest absolute Gasteiger partial charge is 0.279 e. The van der Waals surface area contributed by atoms with Gasteiger partial charge in [0, 0.05) is 24.7 Å². The lowest BCUT2D eigenvalue weighted by atomic mass is 10.00. The molecule has 0 radical (unpaired) electrons. The molecule has 0 aromatic heterocycles. The van der Waals surface area contributed by atoms with Gasteiger partial charge in [-0.05, 0) is 70.8 Å². The van der Waals surface area contributed by atoms with Gasteiger partial charge < -0.3 is 5.32 Å². The third-order valence-corrected chi connectivity index (χ3v) is 6.88. The molecular weight excluding hydrogens is 286 g/mol. The third kappa shape index (κ3) is 4.18. The van der Waals surface area contributed by atoms with E-state index >= 15 is 0 Å². The lowest BCUT2D eigenvalue weighted by Gasteiger charge is -2.35. The van der Waals surface area contributed by atoms with Crippen LogP contribution < -0.4 is 10.0 Å². The van der Waals surface area contributed by atoms with Crippen LogP contribution in [0, 0.1) is 11.8 Å². The summed E-state index contributed by atoms with van der Waals surface area (Å²) >= 11 is 0. The van der Waals surface area contributed by atoms with Crippen LogP contribution in [-0.4, -0.2) is 43.9 Å². The highest BCUT2D eigenvalue weighted by Gasteiger charge is 2.42. The minimum Gasteiger partial charge on any atom is -0.314 e. The number of nitrogens with one attached hydrogen (secondary N) is 2. The Labute approximate surface area is 129 Å². The van der Waals surface area contributed by atoms with Crippen LogP contribution in [-0.2, 0) is 10.2 Å². The molecule has 1 atom stereocenters. The fourth-order valence-electron chi connectivity index (χ4n) is 3.32. The van der Waals surface area contributed by atoms with Crippen molar-refractivity contribution in [3.63, 3.8) is 0 Å². The van der Waals surface area contributed by atoms with Crippen molar-refractivity contribution in [2.75, 3.05) is 19.6 Å². The van der Waals surface area contributed by atoms with E-state index in [-0.39, 0.29) is 5.54 Å². The van der Waals surface area contributed by atoms with Gasteiger partial charge in [0.2, 0.25) is 0 Å². The molecule has 0 amide bonds. The normalized spacial score (nSPS) is 28.8. The minimum absolute atomic E-state index is 0.308. The maximum atomic E-state index is 12.6. The molecule has 21 heavy (non-hydrogen) atoms. The van der Waals surface area contributed by atoms with Crippen LogP contribution in [0.4, 0.5) is 0 Å². The Hall–Kier alpha value is -0.170. The molecule has 1 aliphatic heterocycles. The van der Waals surface area contributed by atoms with Crippen LogP contribution in [0.3, 0.4) is 0 Å². The van der Waals surface area contributed by atoms with Crippen molar-refractivity contribution >= 4 is 10.2 Å². The average Bonchev–Trinajstić information content (AvgIpc) is 3.28. The Morgan fingerprint density at radius 2 is 1.86 bits per heavy atom. The summed E-state index contributed by atoms with van der Waals surface area (Å²) in [5.41, 5.74) is -0.308. The molecule has 5 nitrogen and oxygen atoms in total. The summed E-state index contributed by atoms with van der Waals surface area (Å²) in [6.45, 7) is 6.31. The van der Waals surface area contributed by atoms with Crippen molar-refractivity contribution in [3.8, 4) is 0 Å². The Kier molecular flexibility index (Phi) is 4.34. The Morgan fingerprint density at radius 3 is 2.48 bits per heavy atom. The molecule has 122 valence electrons. The van der Waals surface area contributed by atoms with Gasteiger partial charge in [0.05, 0.1) is 0 Å². The van der Waals surface area contributed by atoms with Gasteiger partial charge in [0.15, 0.2) is 0 Å². The Bertz CT molecular complexity index is 469. The van der Waals surface area contributed by atoms with E-state index in [2.05, 4.69) is 10.0 Å². The van der Waals surface area contributed by atoms with Crippen molar-refractivity contribution < 1.29 is 8.42 Å². The second-order valence-corrected chi connectivity index (χ2v) is 9.32. The maximum absolute atomic E-state index is 12.6. The van der Waals surface area contributed by atoms with E-state index in [4.69, 9.17) is 0 Å². The number of piperidine rings is 1. The van der Waals surface area contributed by atoms with Crippen LogP contribution in [0.1, 0.15) is 52.4 Å². The molecule has 1 unspecified atom stereocenters. The van der Waals surface area contributed by atoms with E-state index in [1.54, 1.807) is 4.31 Å². The topological polar surface area (TPSA) is 61.4 Å². The maximum Gasteiger partial charge on any atom is 0.279 e. The largest absolute Gasteiger partial charge is 0.314 e. The van der Waals surface area contributed by atoms with Crippen molar-refractivity contribution in [1.82, 2.24) is 14.3 Å². The molecule has 3 aliphatic rings. The molecule has 2 saturated carbocycles. The number of nitrogens with zero attached hydrogens (tertiary/aromatic N) is 1. The van der Waals surface area contributed by atoms with Crippen LogP contribution in [0.2, 0.25) is 0 Å². The Morgan fingerprint density at radius 1 is 1.14 bits per heavy atom. The van der Waals surface area contributed by atoms with Gasteiger partial charge >= 0.3 is 0 Å². The zero-order chi connectivity index (χ0) is 15.1. The fraction of sp³-hybridized carbons (Fsp3) is 1.00. The first kappa shape index (κ1) is 15.7. The van der Waals surface area contributed by atoms with Crippen LogP contribution in [0.15, 0.2) is 0 Å². The highest BCUT2D eigenvalue weighted by Crippen LogP contribution is 2.39. The summed E-state index contributed by atoms with van der Waals surface area (Å²) < 4.78 is 29.9. The molecule has 2 N–H and O–H groups in total. The number of hydrogen-bond donors (Lipinski definition) is 2. The molecular formula is C15H29N3O2S. The molecule has 6 heteroatoms. The molecule has 0 aromatic carbocycles. The van der Waals surface area contributed by atoms with Gasteiger partial charge in [-0.25, -0.2) is 0 Å². The van der Waals surface area contributed by atoms with Gasteiger partial charge in [-0.2, -0.15) is 17.4 Å². The van der Waals surface area contributed by atoms with Gasteiger partial charge in [0.25, 0.3) is 10.2 Å². The average molecular weight is 315 g/mol. The minimum atomic E-state index is -3.35. The van der Waals surface area contributed by atoms with Gasteiger partial charge in [-0.15, -0.1) is 0 Å². The third-order valence-electron chi connectivity index (χ3n) is 5.08. The molecule has 2 aliphatic carbocycles. The highest BCUT2D eigenvalue weighted by atomic mass is 32.2. The summed E-state index contributed by atoms with van der Waals surface area (Å²) in [5.74, 6) is 0.962. The summed E-state index contributed by atoms with van der Waals surface area (Å²) in [4.78, 5) is 0. The number of rotatable bonds is 7. The van der Waals surface area contributed by atoms with Gasteiger partial charge in [-0.3, -0.25) is 0 Å². The van der Waals surface area contributed by atoms with Crippen LogP contribution in [0.5, 0.6) is 0 Å². The monoisotopic (exact) mass is 315 g/mol. The van der Waals surface area contributed by atoms with Crippen molar-refractivity contribution in [2.45, 2.75) is 64.0 Å². The van der Waals surface area contributed by atoms with E-state index in [1.807, 2.05) is 13.8 Å². The standard InChI is InChI=1S/C15H29N3O2S/c1-15(2,13-5-6-13)17-21(19,20)18-9-3-4-12(11-18)10-16-14-7-8-14/h12-14,16-17H,3-11H2,1-2H3. The first-order valence-corrected chi connectivity index (χ1v) is 9.83. The predicted molar refractivity (Wildman–Crippen MR) is 84.2 cm³/mol. The first-order chi connectivity index (χ1) is 9.87. The molecule has 3 fully saturated rings. The predicted octanol–water partition coefficient (Wildman–Crippen LogP) is 1.47. The summed E-state index contributed by atoms with van der Waals surface area (Å²) in [7, 11) is -3.35. The zero-order valence-corrected chi connectivity index (χ0v) is 14.1. The molecule has 3 rings (SSSR count). The summed E-state index contributed by atoms with van der Waals surface area (Å²) in [6, 6.07) is 0.698. The molecule has 0 spiro atoms. The van der Waals surface area contributed by atoms with Crippen molar-refractivity contribution in [1.29, 1.82) is 0 Å².